The Kier molecular flexibility index (Phi) is 7.89. The highest BCUT2D eigenvalue weighted by Gasteiger charge is 2.54. The molecule has 8 rings (SSSR count). The summed E-state index contributed by atoms with van der Waals surface area (Å²) in [5.41, 5.74) is 8.07. The number of aryl methyl sites for hydroxylation is 1. The molecular formula is C39H40N2O7. The number of nitrogens with one attached hydrogen (secondary N) is 1. The summed E-state index contributed by atoms with van der Waals surface area (Å²) in [4.78, 5) is 16.7. The molecule has 1 fully saturated rings. The van der Waals surface area contributed by atoms with Gasteiger partial charge in [0, 0.05) is 22.3 Å². The third-order valence-electron chi connectivity index (χ3n) is 10.2. The number of hydrogen-bond donors (Lipinski definition) is 1. The van der Waals surface area contributed by atoms with Crippen molar-refractivity contribution in [1.82, 2.24) is 10.2 Å². The van der Waals surface area contributed by atoms with Crippen molar-refractivity contribution in [2.75, 3.05) is 27.6 Å². The molecule has 0 spiro atoms. The summed E-state index contributed by atoms with van der Waals surface area (Å²) in [7, 11) is 3.38. The van der Waals surface area contributed by atoms with Crippen LogP contribution in [0.3, 0.4) is 0 Å². The van der Waals surface area contributed by atoms with Crippen LogP contribution in [-0.2, 0) is 35.6 Å². The Morgan fingerprint density at radius 3 is 2.23 bits per heavy atom. The van der Waals surface area contributed by atoms with E-state index in [4.69, 9.17) is 28.4 Å². The van der Waals surface area contributed by atoms with Gasteiger partial charge in [0.15, 0.2) is 23.0 Å². The fourth-order valence-electron chi connectivity index (χ4n) is 8.19. The first-order valence-corrected chi connectivity index (χ1v) is 16.5. The number of ether oxygens (including phenoxy) is 6. The van der Waals surface area contributed by atoms with Crippen molar-refractivity contribution in [3.63, 3.8) is 0 Å². The maximum absolute atomic E-state index is 14.6. The second-order valence-electron chi connectivity index (χ2n) is 13.0. The largest absolute Gasteiger partial charge is 0.496 e. The Labute approximate surface area is 280 Å². The SMILES string of the molecule is COc1c(C)c2c(c3c1CC1C4N[C@@H](Cc5cc(C)c(OC)c(OCc6ccccc6)c54)C(=O)N1C3COCc1ccccc1)OCO2. The van der Waals surface area contributed by atoms with Gasteiger partial charge in [-0.05, 0) is 48.9 Å². The van der Waals surface area contributed by atoms with Crippen molar-refractivity contribution in [3.05, 3.63) is 111 Å². The molecule has 4 aromatic rings. The number of methoxy groups -OCH3 is 2. The van der Waals surface area contributed by atoms with Gasteiger partial charge in [0.1, 0.15) is 12.4 Å². The molecule has 48 heavy (non-hydrogen) atoms. The number of hydrogen-bond acceptors (Lipinski definition) is 8. The third kappa shape index (κ3) is 4.95. The Hall–Kier alpha value is -4.73. The normalized spacial score (nSPS) is 21.7. The average molecular weight is 649 g/mol. The molecule has 0 radical (unpaired) electrons. The number of fused-ring (bicyclic) bond motifs is 9. The Morgan fingerprint density at radius 1 is 0.833 bits per heavy atom. The van der Waals surface area contributed by atoms with Crippen molar-refractivity contribution >= 4 is 5.91 Å². The van der Waals surface area contributed by atoms with Gasteiger partial charge in [0.2, 0.25) is 12.7 Å². The Morgan fingerprint density at radius 2 is 1.52 bits per heavy atom. The molecule has 2 bridgehead atoms. The average Bonchev–Trinajstić information content (AvgIpc) is 3.60. The first-order chi connectivity index (χ1) is 23.5. The summed E-state index contributed by atoms with van der Waals surface area (Å²) in [6.45, 7) is 5.25. The van der Waals surface area contributed by atoms with Gasteiger partial charge in [0.05, 0.1) is 51.6 Å². The summed E-state index contributed by atoms with van der Waals surface area (Å²) in [6, 6.07) is 21.1. The molecule has 4 aliphatic heterocycles. The van der Waals surface area contributed by atoms with E-state index in [-0.39, 0.29) is 31.4 Å². The smallest absolute Gasteiger partial charge is 0.240 e. The topological polar surface area (TPSA) is 87.7 Å². The standard InChI is InChI=1S/C39H40N2O7/c1-22-15-26-16-28-39(42)41-29(33(40-28)31(26)37(34(22)43-3)46-19-25-13-9-6-10-14-25)17-27-32(30(41)20-45-18-24-11-7-5-8-12-24)38-36(47-21-48-38)23(2)35(27)44-4/h5-15,28-30,33,40H,16-21H2,1-4H3/t28-,29?,30?,33?/m0/s1. The minimum absolute atomic E-state index is 0.0493. The highest BCUT2D eigenvalue weighted by molar-refractivity contribution is 5.86. The van der Waals surface area contributed by atoms with Gasteiger partial charge in [-0.1, -0.05) is 66.7 Å². The molecule has 9 heteroatoms. The first-order valence-electron chi connectivity index (χ1n) is 16.5. The van der Waals surface area contributed by atoms with E-state index >= 15 is 0 Å². The molecule has 0 aromatic heterocycles. The lowest BCUT2D eigenvalue weighted by molar-refractivity contribution is -0.148. The van der Waals surface area contributed by atoms with Crippen LogP contribution in [0.5, 0.6) is 28.7 Å². The zero-order valence-electron chi connectivity index (χ0n) is 27.7. The van der Waals surface area contributed by atoms with E-state index in [1.165, 1.54) is 0 Å². The molecule has 4 aromatic carbocycles. The number of nitrogens with zero attached hydrogens (tertiary/aromatic N) is 1. The monoisotopic (exact) mass is 648 g/mol. The molecule has 9 nitrogen and oxygen atoms in total. The van der Waals surface area contributed by atoms with E-state index in [9.17, 15) is 4.79 Å². The van der Waals surface area contributed by atoms with Crippen LogP contribution >= 0.6 is 0 Å². The van der Waals surface area contributed by atoms with Gasteiger partial charge in [-0.3, -0.25) is 10.1 Å². The molecule has 4 atom stereocenters. The molecule has 0 saturated carbocycles. The van der Waals surface area contributed by atoms with Gasteiger partial charge < -0.3 is 33.3 Å². The van der Waals surface area contributed by atoms with E-state index in [1.54, 1.807) is 14.2 Å². The highest BCUT2D eigenvalue weighted by Crippen LogP contribution is 2.56. The summed E-state index contributed by atoms with van der Waals surface area (Å²) in [5.74, 6) is 3.59. The second kappa shape index (κ2) is 12.4. The molecule has 4 heterocycles. The van der Waals surface area contributed by atoms with Crippen LogP contribution in [0.4, 0.5) is 0 Å². The molecule has 1 amide bonds. The van der Waals surface area contributed by atoms with Crippen molar-refractivity contribution < 1.29 is 33.2 Å². The highest BCUT2D eigenvalue weighted by atomic mass is 16.7. The predicted octanol–water partition coefficient (Wildman–Crippen LogP) is 5.91. The van der Waals surface area contributed by atoms with E-state index in [2.05, 4.69) is 23.5 Å². The minimum Gasteiger partial charge on any atom is -0.496 e. The van der Waals surface area contributed by atoms with E-state index in [1.807, 2.05) is 67.3 Å². The van der Waals surface area contributed by atoms with Crippen LogP contribution in [0, 0.1) is 13.8 Å². The maximum atomic E-state index is 14.6. The van der Waals surface area contributed by atoms with Crippen molar-refractivity contribution in [1.29, 1.82) is 0 Å². The molecule has 0 aliphatic carbocycles. The van der Waals surface area contributed by atoms with Gasteiger partial charge >= 0.3 is 0 Å². The summed E-state index contributed by atoms with van der Waals surface area (Å²) in [5, 5.41) is 3.74. The van der Waals surface area contributed by atoms with Crippen LogP contribution in [-0.4, -0.2) is 50.5 Å². The molecule has 1 N–H and O–H groups in total. The summed E-state index contributed by atoms with van der Waals surface area (Å²) < 4.78 is 37.3. The van der Waals surface area contributed by atoms with Crippen molar-refractivity contribution in [2.45, 2.75) is 64.1 Å². The summed E-state index contributed by atoms with van der Waals surface area (Å²) >= 11 is 0. The lowest BCUT2D eigenvalue weighted by atomic mass is 9.74. The Balaban J connectivity index is 1.25. The fourth-order valence-corrected chi connectivity index (χ4v) is 8.19. The van der Waals surface area contributed by atoms with Crippen LogP contribution in [0.2, 0.25) is 0 Å². The predicted molar refractivity (Wildman–Crippen MR) is 179 cm³/mol. The quantitative estimate of drug-likeness (QED) is 0.240. The van der Waals surface area contributed by atoms with Gasteiger partial charge in [-0.25, -0.2) is 0 Å². The van der Waals surface area contributed by atoms with Crippen LogP contribution < -0.4 is 29.0 Å². The fraction of sp³-hybridized carbons (Fsp3) is 0.359. The number of carbonyl (C=O) groups is 1. The molecule has 3 unspecified atom stereocenters. The molecule has 4 aliphatic rings. The number of amides is 1. The van der Waals surface area contributed by atoms with Gasteiger partial charge in [-0.15, -0.1) is 0 Å². The van der Waals surface area contributed by atoms with Crippen LogP contribution in [0.15, 0.2) is 66.7 Å². The Bertz CT molecular complexity index is 1860. The minimum atomic E-state index is -0.422. The lowest BCUT2D eigenvalue weighted by Crippen LogP contribution is -2.66. The van der Waals surface area contributed by atoms with Gasteiger partial charge in [0.25, 0.3) is 0 Å². The van der Waals surface area contributed by atoms with E-state index < -0.39 is 12.1 Å². The maximum Gasteiger partial charge on any atom is 0.240 e. The van der Waals surface area contributed by atoms with Crippen molar-refractivity contribution in [2.24, 2.45) is 0 Å². The van der Waals surface area contributed by atoms with Gasteiger partial charge in [-0.2, -0.15) is 0 Å². The number of rotatable bonds is 9. The zero-order chi connectivity index (χ0) is 32.9. The lowest BCUT2D eigenvalue weighted by Gasteiger charge is -2.54. The number of piperazine rings is 1. The third-order valence-corrected chi connectivity index (χ3v) is 10.2. The molecular weight excluding hydrogens is 608 g/mol. The first kappa shape index (κ1) is 30.6. The van der Waals surface area contributed by atoms with E-state index in [0.29, 0.717) is 43.3 Å². The van der Waals surface area contributed by atoms with Crippen LogP contribution in [0.1, 0.15) is 56.6 Å². The summed E-state index contributed by atoms with van der Waals surface area (Å²) in [6.07, 6.45) is 1.09. The van der Waals surface area contributed by atoms with E-state index in [0.717, 1.165) is 56.0 Å². The number of carbonyl (C=O) groups excluding carboxylic acids is 1. The molecule has 1 saturated heterocycles. The zero-order valence-corrected chi connectivity index (χ0v) is 27.7. The molecule has 248 valence electrons. The van der Waals surface area contributed by atoms with Crippen LogP contribution in [0.25, 0.3) is 0 Å². The second-order valence-corrected chi connectivity index (χ2v) is 13.0. The van der Waals surface area contributed by atoms with Crippen molar-refractivity contribution in [3.8, 4) is 28.7 Å². The number of benzene rings is 4.